The van der Waals surface area contributed by atoms with Crippen LogP contribution in [0.4, 0.5) is 17.2 Å². The molecule has 1 aliphatic carbocycles. The van der Waals surface area contributed by atoms with E-state index in [1.54, 1.807) is 60.9 Å². The molecule has 3 fully saturated rings. The molecule has 5 atom stereocenters. The lowest BCUT2D eigenvalue weighted by molar-refractivity contribution is -0.144. The summed E-state index contributed by atoms with van der Waals surface area (Å²) in [6.07, 6.45) is 15.2. The Morgan fingerprint density at radius 3 is 2.31 bits per heavy atom. The molecule has 3 aromatic carbocycles. The van der Waals surface area contributed by atoms with Gasteiger partial charge >= 0.3 is 0 Å². The standard InChI is InChI=1S/C66H76N12O9S2/c1-6-41-17-19-44(20-18-41)54(39-79)69-61(83)55-34-47(80)37-77(55)64(85)58(66(3,4)5)72-59(81)45-28-31-75(32-29-45)46-21-23-48(24-22-46)89(86,87)74-62(84)57-49(51-35-68-78(40(51)2)36-42-12-8-7-9-13-42)25-26-56(71-57)76-33-27-43-14-10-15-50(52(43)38-76)60(82)73-65-70-53-16-11-30-67-63(53)88-65/h1,10-11,14-26,30,35,42,45,47,54-55,58,65,70,79-80H,7-9,12-13,27-29,31-34,36-39H2,2-5H3,(H,69,83)(H,72,81)(H,73,82)(H,74,84)/t47-,54+,55+,58-,65?/m1/s1. The molecule has 1 saturated carbocycles. The van der Waals surface area contributed by atoms with Crippen LogP contribution in [0.1, 0.15) is 127 Å². The lowest BCUT2D eigenvalue weighted by Crippen LogP contribution is -2.59. The number of carbonyl (C=O) groups excluding carboxylic acids is 5. The zero-order chi connectivity index (χ0) is 62.7. The van der Waals surface area contributed by atoms with E-state index in [1.807, 2.05) is 72.5 Å². The van der Waals surface area contributed by atoms with Crippen molar-refractivity contribution >= 4 is 68.5 Å². The summed E-state index contributed by atoms with van der Waals surface area (Å²) in [6.45, 7) is 9.32. The molecule has 6 aromatic rings. The number of terminal acetylenes is 1. The number of amides is 5. The number of carbonyl (C=O) groups is 5. The summed E-state index contributed by atoms with van der Waals surface area (Å²) in [5, 5.41) is 38.8. The van der Waals surface area contributed by atoms with Gasteiger partial charge in [0, 0.05) is 91.4 Å². The molecule has 5 amide bonds. The number of aliphatic hydroxyl groups is 2. The largest absolute Gasteiger partial charge is 0.394 e. The molecule has 89 heavy (non-hydrogen) atoms. The van der Waals surface area contributed by atoms with E-state index in [-0.39, 0.29) is 35.4 Å². The van der Waals surface area contributed by atoms with Crippen molar-refractivity contribution in [2.75, 3.05) is 47.9 Å². The van der Waals surface area contributed by atoms with Gasteiger partial charge in [-0.25, -0.2) is 23.1 Å². The van der Waals surface area contributed by atoms with Gasteiger partial charge in [-0.1, -0.05) is 82.0 Å². The van der Waals surface area contributed by atoms with E-state index < -0.39 is 75.4 Å². The number of aromatic nitrogens is 4. The molecule has 466 valence electrons. The number of likely N-dealkylation sites (tertiary alicyclic amines) is 1. The number of pyridine rings is 2. The number of benzene rings is 3. The molecule has 4 aliphatic heterocycles. The first-order valence-corrected chi connectivity index (χ1v) is 32.9. The van der Waals surface area contributed by atoms with Crippen molar-refractivity contribution in [3.05, 3.63) is 143 Å². The highest BCUT2D eigenvalue weighted by atomic mass is 32.2. The first-order chi connectivity index (χ1) is 42.7. The van der Waals surface area contributed by atoms with E-state index in [0.717, 1.165) is 46.9 Å². The molecule has 1 unspecified atom stereocenters. The Labute approximate surface area is 523 Å². The highest BCUT2D eigenvalue weighted by Gasteiger charge is 2.46. The van der Waals surface area contributed by atoms with E-state index in [0.29, 0.717) is 90.7 Å². The second-order valence-electron chi connectivity index (χ2n) is 24.9. The van der Waals surface area contributed by atoms with Crippen molar-refractivity contribution in [1.29, 1.82) is 0 Å². The molecule has 2 saturated heterocycles. The van der Waals surface area contributed by atoms with Crippen LogP contribution in [0.15, 0.2) is 113 Å². The number of nitrogens with zero attached hydrogens (tertiary/aromatic N) is 7. The lowest BCUT2D eigenvalue weighted by Gasteiger charge is -2.38. The Morgan fingerprint density at radius 1 is 0.854 bits per heavy atom. The fourth-order valence-corrected chi connectivity index (χ4v) is 14.7. The van der Waals surface area contributed by atoms with Crippen molar-refractivity contribution in [3.8, 4) is 23.5 Å². The zero-order valence-corrected chi connectivity index (χ0v) is 52.1. The molecule has 0 radical (unpaired) electrons. The minimum absolute atomic E-state index is 0.0209. The van der Waals surface area contributed by atoms with Crippen molar-refractivity contribution in [3.63, 3.8) is 0 Å². The number of aliphatic hydroxyl groups excluding tert-OH is 2. The van der Waals surface area contributed by atoms with Gasteiger partial charge in [0.2, 0.25) is 17.7 Å². The smallest absolute Gasteiger partial charge is 0.284 e. The SMILES string of the molecule is C#Cc1ccc([C@H](CO)NC(=O)[C@@H]2C[C@@H](O)CN2C(=O)[C@@H](NC(=O)C2CCN(c3ccc(S(=O)(=O)NC(=O)c4nc(N5CCc6cccc(C(=O)NC7Nc8cccnc8S7)c6C5)ccc4-c4cnn(CC5CCCCC5)c4C)cc3)CC2)C(C)(C)C)cc1. The molecule has 5 aliphatic rings. The topological polar surface area (TPSA) is 273 Å². The van der Waals surface area contributed by atoms with Crippen LogP contribution in [0.25, 0.3) is 11.1 Å². The molecule has 7 N–H and O–H groups in total. The maximum absolute atomic E-state index is 14.7. The molecule has 3 aromatic heterocycles. The second-order valence-corrected chi connectivity index (χ2v) is 27.7. The third kappa shape index (κ3) is 13.8. The molecular weight excluding hydrogens is 1170 g/mol. The van der Waals surface area contributed by atoms with Gasteiger partial charge in [-0.3, -0.25) is 28.7 Å². The number of hydrogen-bond acceptors (Lipinski definition) is 16. The Morgan fingerprint density at radius 2 is 1.61 bits per heavy atom. The van der Waals surface area contributed by atoms with Gasteiger partial charge in [-0.05, 0) is 134 Å². The predicted molar refractivity (Wildman–Crippen MR) is 339 cm³/mol. The number of sulfonamides is 1. The summed E-state index contributed by atoms with van der Waals surface area (Å²) < 4.78 is 32.9. The van der Waals surface area contributed by atoms with Gasteiger partial charge in [-0.2, -0.15) is 5.10 Å². The summed E-state index contributed by atoms with van der Waals surface area (Å²) in [5.74, 6) is 0.423. The number of rotatable bonds is 17. The van der Waals surface area contributed by atoms with Gasteiger partial charge in [-0.15, -0.1) is 6.42 Å². The van der Waals surface area contributed by atoms with Gasteiger partial charge < -0.3 is 46.2 Å². The third-order valence-electron chi connectivity index (χ3n) is 17.9. The van der Waals surface area contributed by atoms with Crippen LogP contribution < -0.4 is 35.8 Å². The number of β-amino-alcohol motifs (C(OH)–C–C–N with tert-alkyl or cyclic N) is 1. The van der Waals surface area contributed by atoms with E-state index in [2.05, 4.69) is 36.9 Å². The van der Waals surface area contributed by atoms with Crippen molar-refractivity contribution < 1.29 is 42.6 Å². The summed E-state index contributed by atoms with van der Waals surface area (Å²) in [6, 6.07) is 23.2. The maximum atomic E-state index is 14.7. The first kappa shape index (κ1) is 62.3. The summed E-state index contributed by atoms with van der Waals surface area (Å²) in [4.78, 5) is 85.5. The molecular formula is C66H76N12O9S2. The normalized spacial score (nSPS) is 19.5. The number of thioether (sulfide) groups is 1. The summed E-state index contributed by atoms with van der Waals surface area (Å²) in [7, 11) is -4.47. The van der Waals surface area contributed by atoms with Gasteiger partial charge in [0.15, 0.2) is 5.50 Å². The van der Waals surface area contributed by atoms with E-state index in [4.69, 9.17) is 16.5 Å². The van der Waals surface area contributed by atoms with Gasteiger partial charge in [0.1, 0.15) is 28.6 Å². The quantitative estimate of drug-likeness (QED) is 0.0469. The molecule has 23 heteroatoms. The fraction of sp³-hybridized carbons (Fsp3) is 0.424. The predicted octanol–water partition coefficient (Wildman–Crippen LogP) is 6.68. The average Bonchev–Trinajstić information content (AvgIpc) is 1.83. The number of piperidine rings is 1. The van der Waals surface area contributed by atoms with Crippen LogP contribution in [-0.4, -0.2) is 129 Å². The monoisotopic (exact) mass is 1240 g/mol. The van der Waals surface area contributed by atoms with Gasteiger partial charge in [0.25, 0.3) is 21.8 Å². The molecule has 0 spiro atoms. The number of anilines is 3. The second kappa shape index (κ2) is 26.4. The third-order valence-corrected chi connectivity index (χ3v) is 20.3. The Balaban J connectivity index is 0.753. The van der Waals surface area contributed by atoms with E-state index >= 15 is 0 Å². The highest BCUT2D eigenvalue weighted by Crippen LogP contribution is 2.37. The highest BCUT2D eigenvalue weighted by molar-refractivity contribution is 8.00. The zero-order valence-electron chi connectivity index (χ0n) is 50.4. The van der Waals surface area contributed by atoms with Crippen LogP contribution in [0.5, 0.6) is 0 Å². The summed E-state index contributed by atoms with van der Waals surface area (Å²) >= 11 is 1.42. The van der Waals surface area contributed by atoms with Crippen LogP contribution >= 0.6 is 11.8 Å². The molecule has 21 nitrogen and oxygen atoms in total. The minimum atomic E-state index is -4.47. The van der Waals surface area contributed by atoms with E-state index in [1.165, 1.54) is 48.1 Å². The van der Waals surface area contributed by atoms with E-state index in [9.17, 15) is 42.6 Å². The number of nitrogens with one attached hydrogen (secondary N) is 5. The maximum Gasteiger partial charge on any atom is 0.284 e. The summed E-state index contributed by atoms with van der Waals surface area (Å²) in [5.41, 5.74) is 5.77. The Bertz CT molecular complexity index is 3770. The Kier molecular flexibility index (Phi) is 18.5. The van der Waals surface area contributed by atoms with Crippen LogP contribution in [0.2, 0.25) is 0 Å². The number of fused-ring (bicyclic) bond motifs is 2. The Hall–Kier alpha value is -8.30. The molecule has 0 bridgehead atoms. The average molecular weight is 1250 g/mol. The van der Waals surface area contributed by atoms with Crippen LogP contribution in [0, 0.1) is 36.5 Å². The van der Waals surface area contributed by atoms with Crippen LogP contribution in [-0.2, 0) is 43.9 Å². The van der Waals surface area contributed by atoms with Crippen LogP contribution in [0.3, 0.4) is 0 Å². The van der Waals surface area contributed by atoms with Crippen molar-refractivity contribution in [1.82, 2.24) is 45.3 Å². The molecule has 7 heterocycles. The first-order valence-electron chi connectivity index (χ1n) is 30.5. The number of hydrogen-bond donors (Lipinski definition) is 7. The van der Waals surface area contributed by atoms with Crippen molar-refractivity contribution in [2.45, 2.75) is 138 Å². The van der Waals surface area contributed by atoms with Crippen molar-refractivity contribution in [2.24, 2.45) is 17.3 Å². The molecule has 11 rings (SSSR count). The van der Waals surface area contributed by atoms with Gasteiger partial charge in [0.05, 0.1) is 35.5 Å². The minimum Gasteiger partial charge on any atom is -0.394 e. The fourth-order valence-electron chi connectivity index (χ4n) is 12.8. The lowest BCUT2D eigenvalue weighted by atomic mass is 9.84.